The van der Waals surface area contributed by atoms with E-state index in [0.717, 1.165) is 0 Å². The van der Waals surface area contributed by atoms with Crippen molar-refractivity contribution in [2.45, 2.75) is 13.1 Å². The lowest BCUT2D eigenvalue weighted by Crippen LogP contribution is -2.10. The van der Waals surface area contributed by atoms with Gasteiger partial charge in [-0.15, -0.1) is 0 Å². The second-order valence-corrected chi connectivity index (χ2v) is 2.75. The average Bonchev–Trinajstić information content (AvgIpc) is 2.15. The summed E-state index contributed by atoms with van der Waals surface area (Å²) < 4.78 is 49.5. The number of pyridine rings is 1. The molecule has 1 aromatic rings. The van der Waals surface area contributed by atoms with Gasteiger partial charge in [-0.1, -0.05) is 5.16 Å². The van der Waals surface area contributed by atoms with Crippen molar-refractivity contribution in [3.05, 3.63) is 29.3 Å². The monoisotopic (exact) mass is 222 g/mol. The fourth-order valence-corrected chi connectivity index (χ4v) is 0.911. The maximum atomic E-state index is 12.9. The van der Waals surface area contributed by atoms with Crippen LogP contribution >= 0.6 is 0 Å². The van der Waals surface area contributed by atoms with Gasteiger partial charge in [-0.3, -0.25) is 0 Å². The second-order valence-electron chi connectivity index (χ2n) is 2.75. The lowest BCUT2D eigenvalue weighted by Gasteiger charge is -2.07. The number of aromatic nitrogens is 1. The molecule has 0 saturated heterocycles. The molecule has 7 heteroatoms. The highest BCUT2D eigenvalue weighted by molar-refractivity contribution is 5.98. The minimum Gasteiger partial charge on any atom is -0.411 e. The molecule has 15 heavy (non-hydrogen) atoms. The standard InChI is InChI=1S/C8H6F4N2O/c1-4(14-15)6-2-5(8(10,11)12)3-13-7(6)9/h2-3,15H,1H3/b14-4+. The van der Waals surface area contributed by atoms with Crippen LogP contribution in [-0.2, 0) is 6.18 Å². The molecule has 0 bridgehead atoms. The highest BCUT2D eigenvalue weighted by atomic mass is 19.4. The van der Waals surface area contributed by atoms with Gasteiger partial charge in [0.2, 0.25) is 5.95 Å². The molecule has 1 aromatic heterocycles. The van der Waals surface area contributed by atoms with Crippen molar-refractivity contribution < 1.29 is 22.8 Å². The van der Waals surface area contributed by atoms with Crippen molar-refractivity contribution in [2.75, 3.05) is 0 Å². The molecule has 1 N–H and O–H groups in total. The van der Waals surface area contributed by atoms with E-state index in [-0.39, 0.29) is 5.71 Å². The summed E-state index contributed by atoms with van der Waals surface area (Å²) in [4.78, 5) is 2.94. The number of alkyl halides is 3. The van der Waals surface area contributed by atoms with Gasteiger partial charge in [-0.05, 0) is 13.0 Å². The van der Waals surface area contributed by atoms with Gasteiger partial charge in [-0.25, -0.2) is 4.98 Å². The molecule has 3 nitrogen and oxygen atoms in total. The zero-order chi connectivity index (χ0) is 11.6. The minimum atomic E-state index is -4.61. The summed E-state index contributed by atoms with van der Waals surface area (Å²) in [5.41, 5.74) is -1.85. The Bertz CT molecular complexity index is 400. The van der Waals surface area contributed by atoms with E-state index in [1.807, 2.05) is 0 Å². The normalized spacial score (nSPS) is 13.0. The summed E-state index contributed by atoms with van der Waals surface area (Å²) in [6, 6.07) is 0.539. The van der Waals surface area contributed by atoms with Crippen molar-refractivity contribution in [1.29, 1.82) is 0 Å². The fraction of sp³-hybridized carbons (Fsp3) is 0.250. The number of hydrogen-bond acceptors (Lipinski definition) is 3. The van der Waals surface area contributed by atoms with E-state index in [4.69, 9.17) is 5.21 Å². The van der Waals surface area contributed by atoms with Crippen LogP contribution in [0.1, 0.15) is 18.1 Å². The largest absolute Gasteiger partial charge is 0.417 e. The number of halogens is 4. The minimum absolute atomic E-state index is 0.272. The van der Waals surface area contributed by atoms with Gasteiger partial charge >= 0.3 is 6.18 Å². The van der Waals surface area contributed by atoms with Gasteiger partial charge < -0.3 is 5.21 Å². The predicted molar refractivity (Wildman–Crippen MR) is 43.2 cm³/mol. The van der Waals surface area contributed by atoms with E-state index in [2.05, 4.69) is 10.1 Å². The van der Waals surface area contributed by atoms with E-state index < -0.39 is 23.3 Å². The van der Waals surface area contributed by atoms with Gasteiger partial charge in [-0.2, -0.15) is 17.6 Å². The Morgan fingerprint density at radius 3 is 2.53 bits per heavy atom. The van der Waals surface area contributed by atoms with Crippen LogP contribution in [0.5, 0.6) is 0 Å². The van der Waals surface area contributed by atoms with Crippen molar-refractivity contribution >= 4 is 5.71 Å². The van der Waals surface area contributed by atoms with Crippen molar-refractivity contribution in [3.63, 3.8) is 0 Å². The Labute approximate surface area is 82.1 Å². The maximum Gasteiger partial charge on any atom is 0.417 e. The Morgan fingerprint density at radius 1 is 1.47 bits per heavy atom. The Kier molecular flexibility index (Phi) is 2.92. The zero-order valence-corrected chi connectivity index (χ0v) is 7.51. The molecule has 82 valence electrons. The van der Waals surface area contributed by atoms with E-state index >= 15 is 0 Å². The molecule has 0 radical (unpaired) electrons. The molecule has 0 aromatic carbocycles. The highest BCUT2D eigenvalue weighted by Gasteiger charge is 2.32. The van der Waals surface area contributed by atoms with Crippen LogP contribution in [-0.4, -0.2) is 15.9 Å². The average molecular weight is 222 g/mol. The molecule has 0 aliphatic heterocycles. The van der Waals surface area contributed by atoms with Gasteiger partial charge in [0.05, 0.1) is 16.8 Å². The van der Waals surface area contributed by atoms with Crippen LogP contribution in [0.3, 0.4) is 0 Å². The molecule has 0 spiro atoms. The van der Waals surface area contributed by atoms with Crippen LogP contribution in [0.2, 0.25) is 0 Å². The quantitative estimate of drug-likeness (QED) is 0.261. The molecule has 1 rings (SSSR count). The summed E-state index contributed by atoms with van der Waals surface area (Å²) >= 11 is 0. The molecule has 0 fully saturated rings. The van der Waals surface area contributed by atoms with E-state index in [1.165, 1.54) is 6.92 Å². The molecule has 1 heterocycles. The van der Waals surface area contributed by atoms with Crippen LogP contribution in [0.25, 0.3) is 0 Å². The van der Waals surface area contributed by atoms with Crippen molar-refractivity contribution in [2.24, 2.45) is 5.16 Å². The van der Waals surface area contributed by atoms with Crippen molar-refractivity contribution in [3.8, 4) is 0 Å². The third-order valence-corrected chi connectivity index (χ3v) is 1.71. The number of oxime groups is 1. The van der Waals surface area contributed by atoms with E-state index in [9.17, 15) is 17.6 Å². The number of hydrogen-bond donors (Lipinski definition) is 1. The summed E-state index contributed by atoms with van der Waals surface area (Å²) in [5, 5.41) is 10.9. The van der Waals surface area contributed by atoms with Gasteiger partial charge in [0.25, 0.3) is 0 Å². The number of rotatable bonds is 1. The third-order valence-electron chi connectivity index (χ3n) is 1.71. The molecule has 0 atom stereocenters. The molecule has 0 aliphatic rings. The molecule has 0 saturated carbocycles. The molecule has 0 aliphatic carbocycles. The molecule has 0 amide bonds. The molecule has 0 unspecified atom stereocenters. The van der Waals surface area contributed by atoms with Crippen LogP contribution in [0.15, 0.2) is 17.4 Å². The van der Waals surface area contributed by atoms with Crippen LogP contribution in [0, 0.1) is 5.95 Å². The van der Waals surface area contributed by atoms with E-state index in [1.54, 1.807) is 0 Å². The first-order chi connectivity index (χ1) is 6.86. The summed E-state index contributed by atoms with van der Waals surface area (Å²) in [5.74, 6) is -1.11. The summed E-state index contributed by atoms with van der Waals surface area (Å²) in [7, 11) is 0. The first-order valence-electron chi connectivity index (χ1n) is 3.78. The lowest BCUT2D eigenvalue weighted by atomic mass is 10.1. The fourth-order valence-electron chi connectivity index (χ4n) is 0.911. The molecular weight excluding hydrogens is 216 g/mol. The van der Waals surface area contributed by atoms with Crippen LogP contribution < -0.4 is 0 Å². The summed E-state index contributed by atoms with van der Waals surface area (Å²) in [6.07, 6.45) is -4.23. The van der Waals surface area contributed by atoms with Gasteiger partial charge in [0.1, 0.15) is 0 Å². The Morgan fingerprint density at radius 2 is 2.07 bits per heavy atom. The Balaban J connectivity index is 3.29. The smallest absolute Gasteiger partial charge is 0.411 e. The highest BCUT2D eigenvalue weighted by Crippen LogP contribution is 2.29. The van der Waals surface area contributed by atoms with Crippen molar-refractivity contribution in [1.82, 2.24) is 4.98 Å². The van der Waals surface area contributed by atoms with Crippen LogP contribution in [0.4, 0.5) is 17.6 Å². The predicted octanol–water partition coefficient (Wildman–Crippen LogP) is 2.44. The Hall–Kier alpha value is -1.66. The van der Waals surface area contributed by atoms with Gasteiger partial charge in [0.15, 0.2) is 0 Å². The van der Waals surface area contributed by atoms with Gasteiger partial charge in [0, 0.05) is 6.20 Å². The zero-order valence-electron chi connectivity index (χ0n) is 7.51. The second kappa shape index (κ2) is 3.84. The first kappa shape index (κ1) is 11.4. The number of nitrogens with zero attached hydrogens (tertiary/aromatic N) is 2. The molecular formula is C8H6F4N2O. The third kappa shape index (κ3) is 2.42. The SMILES string of the molecule is C/C(=N\O)c1cc(C(F)(F)F)cnc1F. The van der Waals surface area contributed by atoms with E-state index in [0.29, 0.717) is 12.3 Å². The lowest BCUT2D eigenvalue weighted by molar-refractivity contribution is -0.137. The maximum absolute atomic E-state index is 12.9. The first-order valence-corrected chi connectivity index (χ1v) is 3.78. The topological polar surface area (TPSA) is 45.5 Å². The summed E-state index contributed by atoms with van der Waals surface area (Å²) in [6.45, 7) is 1.17.